The van der Waals surface area contributed by atoms with Crippen LogP contribution in [0, 0.1) is 0 Å². The predicted octanol–water partition coefficient (Wildman–Crippen LogP) is 8.89. The number of hydrogen-bond donors (Lipinski definition) is 0. The van der Waals surface area contributed by atoms with Crippen LogP contribution in [0.3, 0.4) is 0 Å². The minimum Gasteiger partial charge on any atom is -0.398 e. The van der Waals surface area contributed by atoms with Crippen molar-refractivity contribution in [3.8, 4) is 22.5 Å². The van der Waals surface area contributed by atoms with Gasteiger partial charge in [0.15, 0.2) is 0 Å². The molecule has 4 aromatic heterocycles. The van der Waals surface area contributed by atoms with Crippen molar-refractivity contribution in [2.45, 2.75) is 90.9 Å². The first-order chi connectivity index (χ1) is 29.7. The highest BCUT2D eigenvalue weighted by atomic mass is 16.7. The second-order valence-corrected chi connectivity index (χ2v) is 18.1. The Morgan fingerprint density at radius 3 is 1.05 bits per heavy atom. The highest BCUT2D eigenvalue weighted by Crippen LogP contribution is 2.39. The first-order valence-corrected chi connectivity index (χ1v) is 21.3. The van der Waals surface area contributed by atoms with Gasteiger partial charge in [0.1, 0.15) is 23.9 Å². The lowest BCUT2D eigenvalue weighted by atomic mass is 9.84. The van der Waals surface area contributed by atoms with Gasteiger partial charge in [0.25, 0.3) is 0 Å². The van der Waals surface area contributed by atoms with Crippen molar-refractivity contribution in [1.82, 2.24) is 29.1 Å². The van der Waals surface area contributed by atoms with E-state index in [9.17, 15) is 0 Å². The van der Waals surface area contributed by atoms with E-state index >= 15 is 0 Å². The van der Waals surface area contributed by atoms with Gasteiger partial charge in [0.05, 0.1) is 45.0 Å². The first kappa shape index (κ1) is 41.4. The van der Waals surface area contributed by atoms with Gasteiger partial charge in [-0.25, -0.2) is 19.9 Å². The van der Waals surface area contributed by atoms with Gasteiger partial charge >= 0.3 is 14.2 Å². The molecule has 312 valence electrons. The van der Waals surface area contributed by atoms with Crippen molar-refractivity contribution >= 4 is 47.5 Å². The average molecular weight is 823 g/mol. The number of aromatic nitrogens is 6. The summed E-state index contributed by atoms with van der Waals surface area (Å²) in [7, 11) is -0.960. The van der Waals surface area contributed by atoms with E-state index in [1.165, 1.54) is 11.1 Å². The number of hydrogen-bond acceptors (Lipinski definition) is 8. The molecule has 8 aromatic rings. The maximum Gasteiger partial charge on any atom is 0.512 e. The molecule has 0 aliphatic carbocycles. The van der Waals surface area contributed by atoms with Crippen LogP contribution < -0.4 is 11.2 Å². The van der Waals surface area contributed by atoms with Crippen molar-refractivity contribution in [2.75, 3.05) is 0 Å². The van der Waals surface area contributed by atoms with Crippen LogP contribution >= 0.6 is 0 Å². The van der Waals surface area contributed by atoms with Crippen LogP contribution in [-0.2, 0) is 31.7 Å². The molecule has 0 spiro atoms. The Morgan fingerprint density at radius 1 is 0.419 bits per heavy atom. The van der Waals surface area contributed by atoms with Crippen molar-refractivity contribution in [2.24, 2.45) is 0 Å². The summed E-state index contributed by atoms with van der Waals surface area (Å²) in [4.78, 5) is 18.6. The topological polar surface area (TPSA) is 98.3 Å². The molecule has 0 atom stereocenters. The quantitative estimate of drug-likeness (QED) is 0.140. The van der Waals surface area contributed by atoms with Crippen LogP contribution in [0.4, 0.5) is 0 Å². The normalized spacial score (nSPS) is 17.4. The predicted molar refractivity (Wildman–Crippen MR) is 248 cm³/mol. The molecule has 0 radical (unpaired) electrons. The molecule has 12 heteroatoms. The number of benzene rings is 4. The third-order valence-electron chi connectivity index (χ3n) is 12.9. The highest BCUT2D eigenvalue weighted by Gasteiger charge is 2.54. The smallest absolute Gasteiger partial charge is 0.398 e. The lowest BCUT2D eigenvalue weighted by Gasteiger charge is -2.32. The zero-order valence-corrected chi connectivity index (χ0v) is 36.7. The molecule has 2 fully saturated rings. The molecule has 2 saturated heterocycles. The lowest BCUT2D eigenvalue weighted by molar-refractivity contribution is 0.00578. The van der Waals surface area contributed by atoms with Gasteiger partial charge in [0.2, 0.25) is 0 Å². The summed E-state index contributed by atoms with van der Waals surface area (Å²) >= 11 is 0. The summed E-state index contributed by atoms with van der Waals surface area (Å²) < 4.78 is 30.0. The molecule has 2 aliphatic heterocycles. The molecule has 62 heavy (non-hydrogen) atoms. The zero-order chi connectivity index (χ0) is 43.3. The van der Waals surface area contributed by atoms with Gasteiger partial charge in [-0.2, -0.15) is 0 Å². The summed E-state index contributed by atoms with van der Waals surface area (Å²) in [5, 5.41) is 1.99. The van der Waals surface area contributed by atoms with E-state index in [1.54, 1.807) is 12.7 Å². The van der Waals surface area contributed by atoms with E-state index in [1.807, 2.05) is 48.5 Å². The van der Waals surface area contributed by atoms with E-state index in [2.05, 4.69) is 169 Å². The van der Waals surface area contributed by atoms with Gasteiger partial charge in [0, 0.05) is 35.0 Å². The molecule has 0 unspecified atom stereocenters. The van der Waals surface area contributed by atoms with E-state index in [0.29, 0.717) is 13.1 Å². The Bertz CT molecular complexity index is 2600. The average Bonchev–Trinajstić information content (AvgIpc) is 3.95. The van der Waals surface area contributed by atoms with Crippen LogP contribution in [0.25, 0.3) is 44.6 Å². The van der Waals surface area contributed by atoms with Gasteiger partial charge in [-0.15, -0.1) is 0 Å². The Morgan fingerprint density at radius 2 is 0.726 bits per heavy atom. The van der Waals surface area contributed by atoms with E-state index in [-0.39, 0.29) is 0 Å². The maximum absolute atomic E-state index is 6.41. The largest absolute Gasteiger partial charge is 0.512 e. The van der Waals surface area contributed by atoms with Gasteiger partial charge in [-0.1, -0.05) is 121 Å². The summed E-state index contributed by atoms with van der Waals surface area (Å²) in [5.74, 6) is 0. The standard InChI is InChI=1S/2C25H26BN3O2/c2*1-24(2)25(3,4)31-26(30-24)21-15-20-22(19-13-9-6-10-14-19)27-17-28-23(20)29(21)16-18-11-7-5-8-12-18/h2*5-15,17H,16H2,1-4H3. The fourth-order valence-corrected chi connectivity index (χ4v) is 8.00. The molecular weight excluding hydrogens is 770 g/mol. The van der Waals surface area contributed by atoms with Crippen LogP contribution in [0.2, 0.25) is 0 Å². The molecule has 0 bridgehead atoms. The van der Waals surface area contributed by atoms with E-state index < -0.39 is 36.6 Å². The van der Waals surface area contributed by atoms with Crippen LogP contribution in [0.15, 0.2) is 146 Å². The number of fused-ring (bicyclic) bond motifs is 2. The molecule has 2 aliphatic rings. The fourth-order valence-electron chi connectivity index (χ4n) is 8.00. The number of rotatable bonds is 8. The Hall–Kier alpha value is -5.91. The molecule has 0 saturated carbocycles. The molecule has 10 nitrogen and oxygen atoms in total. The third-order valence-corrected chi connectivity index (χ3v) is 12.9. The molecule has 6 heterocycles. The van der Waals surface area contributed by atoms with Crippen LogP contribution in [-0.4, -0.2) is 65.7 Å². The Balaban J connectivity index is 0.000000158. The second-order valence-electron chi connectivity index (χ2n) is 18.1. The molecule has 0 N–H and O–H groups in total. The summed E-state index contributed by atoms with van der Waals surface area (Å²) in [6.07, 6.45) is 3.28. The third kappa shape index (κ3) is 7.77. The first-order valence-electron chi connectivity index (χ1n) is 21.3. The molecular formula is C50H52B2N6O4. The van der Waals surface area contributed by atoms with Crippen LogP contribution in [0.1, 0.15) is 66.5 Å². The van der Waals surface area contributed by atoms with Crippen molar-refractivity contribution in [1.29, 1.82) is 0 Å². The fraction of sp³-hybridized carbons (Fsp3) is 0.280. The van der Waals surface area contributed by atoms with E-state index in [4.69, 9.17) is 18.6 Å². The lowest BCUT2D eigenvalue weighted by Crippen LogP contribution is -2.41. The van der Waals surface area contributed by atoms with Gasteiger partial charge in [-0.05, 0) is 78.6 Å². The highest BCUT2D eigenvalue weighted by molar-refractivity contribution is 6.62. The summed E-state index contributed by atoms with van der Waals surface area (Å²) in [5.41, 5.74) is 8.33. The Kier molecular flexibility index (Phi) is 10.8. The van der Waals surface area contributed by atoms with Crippen LogP contribution in [0.5, 0.6) is 0 Å². The monoisotopic (exact) mass is 822 g/mol. The van der Waals surface area contributed by atoms with E-state index in [0.717, 1.165) is 55.8 Å². The minimum atomic E-state index is -0.480. The zero-order valence-electron chi connectivity index (χ0n) is 36.7. The van der Waals surface area contributed by atoms with Crippen molar-refractivity contribution in [3.05, 3.63) is 157 Å². The van der Waals surface area contributed by atoms with Crippen molar-refractivity contribution < 1.29 is 18.6 Å². The number of nitrogens with zero attached hydrogens (tertiary/aromatic N) is 6. The SMILES string of the molecule is CC1(C)OB(c2cc3c(-c4ccccc4)ncnc3n2Cc2ccccc2)OC1(C)C.CC1(C)OB(c2cc3c(-c4ccccc4)ncnc3n2Cc2ccccc2)OC1(C)C. The summed E-state index contributed by atoms with van der Waals surface area (Å²) in [6.45, 7) is 18.0. The molecule has 4 aromatic carbocycles. The van der Waals surface area contributed by atoms with Crippen molar-refractivity contribution in [3.63, 3.8) is 0 Å². The molecule has 0 amide bonds. The summed E-state index contributed by atoms with van der Waals surface area (Å²) in [6, 6.07) is 45.5. The second kappa shape index (κ2) is 16.1. The maximum atomic E-state index is 6.41. The Labute approximate surface area is 364 Å². The molecule has 10 rings (SSSR count). The van der Waals surface area contributed by atoms with Gasteiger partial charge in [-0.3, -0.25) is 0 Å². The van der Waals surface area contributed by atoms with Gasteiger partial charge < -0.3 is 27.8 Å². The minimum absolute atomic E-state index is 0.417.